The van der Waals surface area contributed by atoms with Crippen molar-refractivity contribution in [1.29, 1.82) is 0 Å². The molecule has 1 rings (SSSR count). The number of ether oxygens (including phenoxy) is 2. The van der Waals surface area contributed by atoms with Gasteiger partial charge >= 0.3 is 11.9 Å². The lowest BCUT2D eigenvalue weighted by Gasteiger charge is -2.17. The third-order valence-electron chi connectivity index (χ3n) is 6.64. The van der Waals surface area contributed by atoms with Crippen LogP contribution < -0.4 is 0 Å². The van der Waals surface area contributed by atoms with Crippen molar-refractivity contribution in [3.8, 4) is 0 Å². The topological polar surface area (TPSA) is 52.6 Å². The number of hydrogen-bond acceptors (Lipinski definition) is 4. The average Bonchev–Trinajstić information content (AvgIpc) is 2.85. The van der Waals surface area contributed by atoms with Gasteiger partial charge in [0, 0.05) is 0 Å². The Labute approximate surface area is 215 Å². The zero-order chi connectivity index (χ0) is 25.7. The van der Waals surface area contributed by atoms with Crippen LogP contribution in [-0.4, -0.2) is 25.2 Å². The summed E-state index contributed by atoms with van der Waals surface area (Å²) in [4.78, 5) is 25.4. The minimum atomic E-state index is -0.434. The molecule has 0 saturated carbocycles. The van der Waals surface area contributed by atoms with Gasteiger partial charge in [-0.05, 0) is 43.2 Å². The van der Waals surface area contributed by atoms with Crippen LogP contribution in [0.4, 0.5) is 0 Å². The number of benzene rings is 1. The van der Waals surface area contributed by atoms with E-state index in [1.54, 1.807) is 24.3 Å². The third kappa shape index (κ3) is 15.0. The Morgan fingerprint density at radius 2 is 1.20 bits per heavy atom. The Bertz CT molecular complexity index is 682. The molecular weight excluding hydrogens is 436 g/mol. The summed E-state index contributed by atoms with van der Waals surface area (Å²) in [6, 6.07) is 6.84. The fourth-order valence-electron chi connectivity index (χ4n) is 4.47. The summed E-state index contributed by atoms with van der Waals surface area (Å²) in [7, 11) is 0. The number of hydrogen-bond donors (Lipinski definition) is 0. The van der Waals surface area contributed by atoms with Crippen LogP contribution in [-0.2, 0) is 9.47 Å². The van der Waals surface area contributed by atoms with Gasteiger partial charge < -0.3 is 9.47 Å². The highest BCUT2D eigenvalue weighted by molar-refractivity contribution is 6.03. The molecule has 0 aliphatic rings. The lowest BCUT2D eigenvalue weighted by molar-refractivity contribution is 0.0401. The molecule has 0 heterocycles. The van der Waals surface area contributed by atoms with Gasteiger partial charge in [-0.15, -0.1) is 0 Å². The molecule has 0 aliphatic carbocycles. The Hall–Kier alpha value is -1.84. The number of carbonyl (C=O) groups excluding carboxylic acids is 2. The SMILES string of the molecule is CCCCCC(CCC)COC(=O)c1ccccc1C(=O)OCCCCCCCCCCC(C)C. The van der Waals surface area contributed by atoms with Gasteiger partial charge in [0.05, 0.1) is 24.3 Å². The Balaban J connectivity index is 2.34. The molecule has 0 aliphatic heterocycles. The predicted octanol–water partition coefficient (Wildman–Crippen LogP) is 9.16. The summed E-state index contributed by atoms with van der Waals surface area (Å²) in [6.07, 6.45) is 17.8. The van der Waals surface area contributed by atoms with Crippen LogP contribution in [0, 0.1) is 11.8 Å². The molecule has 0 fully saturated rings. The maximum Gasteiger partial charge on any atom is 0.339 e. The zero-order valence-electron chi connectivity index (χ0n) is 23.1. The molecule has 0 N–H and O–H groups in total. The second-order valence-electron chi connectivity index (χ2n) is 10.4. The van der Waals surface area contributed by atoms with Crippen LogP contribution in [0.1, 0.15) is 145 Å². The fourth-order valence-corrected chi connectivity index (χ4v) is 4.47. The van der Waals surface area contributed by atoms with Crippen molar-refractivity contribution < 1.29 is 19.1 Å². The summed E-state index contributed by atoms with van der Waals surface area (Å²) in [6.45, 7) is 9.74. The van der Waals surface area contributed by atoms with E-state index in [0.29, 0.717) is 30.3 Å². The number of esters is 2. The van der Waals surface area contributed by atoms with Crippen LogP contribution in [0.3, 0.4) is 0 Å². The molecule has 1 unspecified atom stereocenters. The molecule has 0 radical (unpaired) electrons. The Morgan fingerprint density at radius 1 is 0.657 bits per heavy atom. The van der Waals surface area contributed by atoms with Gasteiger partial charge in [-0.25, -0.2) is 9.59 Å². The van der Waals surface area contributed by atoms with Crippen molar-refractivity contribution >= 4 is 11.9 Å². The van der Waals surface area contributed by atoms with E-state index < -0.39 is 11.9 Å². The first-order valence-corrected chi connectivity index (χ1v) is 14.4. The van der Waals surface area contributed by atoms with E-state index in [-0.39, 0.29) is 0 Å². The maximum atomic E-state index is 12.8. The highest BCUT2D eigenvalue weighted by Crippen LogP contribution is 2.19. The van der Waals surface area contributed by atoms with Gasteiger partial charge in [-0.2, -0.15) is 0 Å². The van der Waals surface area contributed by atoms with Gasteiger partial charge in [-0.1, -0.05) is 117 Å². The minimum Gasteiger partial charge on any atom is -0.462 e. The fraction of sp³-hybridized carbons (Fsp3) is 0.742. The van der Waals surface area contributed by atoms with Crippen molar-refractivity contribution in [3.05, 3.63) is 35.4 Å². The molecule has 1 aromatic carbocycles. The minimum absolute atomic E-state index is 0.303. The Kier molecular flexibility index (Phi) is 18.1. The second-order valence-corrected chi connectivity index (χ2v) is 10.4. The van der Waals surface area contributed by atoms with Gasteiger partial charge in [0.25, 0.3) is 0 Å². The summed E-state index contributed by atoms with van der Waals surface area (Å²) in [5.41, 5.74) is 0.607. The molecule has 0 amide bonds. The molecule has 1 atom stereocenters. The van der Waals surface area contributed by atoms with Crippen molar-refractivity contribution in [2.75, 3.05) is 13.2 Å². The summed E-state index contributed by atoms with van der Waals surface area (Å²) in [5, 5.41) is 0. The van der Waals surface area contributed by atoms with Crippen LogP contribution in [0.15, 0.2) is 24.3 Å². The van der Waals surface area contributed by atoms with Crippen LogP contribution in [0.5, 0.6) is 0 Å². The molecule has 1 aromatic rings. The first-order valence-electron chi connectivity index (χ1n) is 14.4. The normalized spacial score (nSPS) is 12.0. The zero-order valence-corrected chi connectivity index (χ0v) is 23.1. The molecule has 4 nitrogen and oxygen atoms in total. The largest absolute Gasteiger partial charge is 0.462 e. The predicted molar refractivity (Wildman–Crippen MR) is 146 cm³/mol. The van der Waals surface area contributed by atoms with Gasteiger partial charge in [-0.3, -0.25) is 0 Å². The monoisotopic (exact) mass is 488 g/mol. The molecule has 0 saturated heterocycles. The van der Waals surface area contributed by atoms with Crippen LogP contribution >= 0.6 is 0 Å². The molecular formula is C31H52O4. The summed E-state index contributed by atoms with van der Waals surface area (Å²) in [5.74, 6) is 0.335. The summed E-state index contributed by atoms with van der Waals surface area (Å²) < 4.78 is 11.1. The molecule has 0 spiro atoms. The van der Waals surface area contributed by atoms with E-state index in [4.69, 9.17) is 9.47 Å². The van der Waals surface area contributed by atoms with Crippen LogP contribution in [0.2, 0.25) is 0 Å². The van der Waals surface area contributed by atoms with Crippen molar-refractivity contribution in [2.24, 2.45) is 11.8 Å². The molecule has 0 aromatic heterocycles. The molecule has 0 bridgehead atoms. The third-order valence-corrected chi connectivity index (χ3v) is 6.64. The lowest BCUT2D eigenvalue weighted by Crippen LogP contribution is -2.18. The number of rotatable bonds is 21. The van der Waals surface area contributed by atoms with E-state index in [2.05, 4.69) is 27.7 Å². The van der Waals surface area contributed by atoms with Gasteiger partial charge in [0.1, 0.15) is 0 Å². The summed E-state index contributed by atoms with van der Waals surface area (Å²) >= 11 is 0. The molecule has 4 heteroatoms. The highest BCUT2D eigenvalue weighted by Gasteiger charge is 2.20. The number of carbonyl (C=O) groups is 2. The highest BCUT2D eigenvalue weighted by atomic mass is 16.5. The first kappa shape index (κ1) is 31.2. The second kappa shape index (κ2) is 20.4. The maximum absolute atomic E-state index is 12.8. The van der Waals surface area contributed by atoms with E-state index in [9.17, 15) is 9.59 Å². The van der Waals surface area contributed by atoms with E-state index >= 15 is 0 Å². The van der Waals surface area contributed by atoms with Crippen molar-refractivity contribution in [3.63, 3.8) is 0 Å². The Morgan fingerprint density at radius 3 is 1.77 bits per heavy atom. The number of unbranched alkanes of at least 4 members (excludes halogenated alkanes) is 9. The van der Waals surface area contributed by atoms with Gasteiger partial charge in [0.15, 0.2) is 0 Å². The van der Waals surface area contributed by atoms with E-state index in [0.717, 1.165) is 38.0 Å². The quantitative estimate of drug-likeness (QED) is 0.128. The lowest BCUT2D eigenvalue weighted by atomic mass is 9.97. The smallest absolute Gasteiger partial charge is 0.339 e. The van der Waals surface area contributed by atoms with Crippen molar-refractivity contribution in [1.82, 2.24) is 0 Å². The van der Waals surface area contributed by atoms with E-state index in [1.807, 2.05) is 0 Å². The molecule has 35 heavy (non-hydrogen) atoms. The first-order chi connectivity index (χ1) is 17.0. The standard InChI is InChI=1S/C31H52O4/c1-5-7-14-21-27(19-6-2)25-35-31(33)29-23-17-16-22-28(29)30(32)34-24-18-13-11-9-8-10-12-15-20-26(3)4/h16-17,22-23,26-27H,5-15,18-21,24-25H2,1-4H3. The molecule has 200 valence electrons. The van der Waals surface area contributed by atoms with Gasteiger partial charge in [0.2, 0.25) is 0 Å². The van der Waals surface area contributed by atoms with Crippen LogP contribution in [0.25, 0.3) is 0 Å². The van der Waals surface area contributed by atoms with Crippen molar-refractivity contribution in [2.45, 2.75) is 124 Å². The average molecular weight is 489 g/mol. The van der Waals surface area contributed by atoms with E-state index in [1.165, 1.54) is 64.2 Å².